The highest BCUT2D eigenvalue weighted by Gasteiger charge is 1.90. The van der Waals surface area contributed by atoms with Gasteiger partial charge in [-0.1, -0.05) is 6.58 Å². The Labute approximate surface area is 49.6 Å². The molecule has 0 unspecified atom stereocenters. The molecule has 0 N–H and O–H groups in total. The Bertz CT molecular complexity index is 52.9. The Morgan fingerprint density at radius 1 is 1.43 bits per heavy atom. The summed E-state index contributed by atoms with van der Waals surface area (Å²) in [5, 5.41) is 0. The minimum atomic E-state index is -0.127. The summed E-state index contributed by atoms with van der Waals surface area (Å²) in [6.45, 7) is 3.50. The van der Waals surface area contributed by atoms with Gasteiger partial charge in [-0.25, -0.2) is 0 Å². The third-order valence-electron chi connectivity index (χ3n) is 0.657. The molecule has 0 fully saturated rings. The normalized spacial score (nSPS) is 14.3. The lowest BCUT2D eigenvalue weighted by Gasteiger charge is -2.06. The predicted octanol–water partition coefficient (Wildman–Crippen LogP) is -1.91. The summed E-state index contributed by atoms with van der Waals surface area (Å²) in [6, 6.07) is 0. The first-order valence-electron chi connectivity index (χ1n) is 2.03. The molecule has 0 aromatic carbocycles. The average molecular weight is 134 g/mol. The summed E-state index contributed by atoms with van der Waals surface area (Å²) < 4.78 is 9.76. The topological polar surface area (TPSA) is 18.5 Å². The largest absolute Gasteiger partial charge is 0.401 e. The van der Waals surface area contributed by atoms with E-state index in [1.54, 1.807) is 6.08 Å². The fourth-order valence-corrected chi connectivity index (χ4v) is 1.44. The molecule has 0 amide bonds. The average Bonchev–Trinajstić information content (AvgIpc) is 1.72. The van der Waals surface area contributed by atoms with E-state index >= 15 is 0 Å². The van der Waals surface area contributed by atoms with Crippen LogP contribution in [0.5, 0.6) is 0 Å². The fraction of sp³-hybridized carbons (Fsp3) is 0.333. The smallest absolute Gasteiger partial charge is 0.155 e. The van der Waals surface area contributed by atoms with Crippen LogP contribution in [0, 0.1) is 0 Å². The Kier molecular flexibility index (Phi) is 4.31. The monoisotopic (exact) mass is 134 g/mol. The lowest BCUT2D eigenvalue weighted by atomic mass is 10.6. The molecule has 0 saturated carbocycles. The molecule has 0 atom stereocenters. The van der Waals surface area contributed by atoms with Crippen molar-refractivity contribution in [2.75, 3.05) is 0 Å². The van der Waals surface area contributed by atoms with Crippen LogP contribution in [0.2, 0.25) is 0 Å². The van der Waals surface area contributed by atoms with Gasteiger partial charge in [-0.15, -0.1) is 0 Å². The maximum absolute atomic E-state index is 4.88. The van der Waals surface area contributed by atoms with Crippen LogP contribution in [-0.2, 0) is 8.85 Å². The molecule has 0 aromatic heterocycles. The number of hydrogen-bond acceptors (Lipinski definition) is 2. The van der Waals surface area contributed by atoms with Gasteiger partial charge in [-0.2, -0.15) is 0 Å². The summed E-state index contributed by atoms with van der Waals surface area (Å²) in [5.74, 6) is 0. The third kappa shape index (κ3) is 2.75. The first kappa shape index (κ1) is 7.09. The highest BCUT2D eigenvalue weighted by atomic mass is 28.2. The van der Waals surface area contributed by atoms with Crippen LogP contribution in [-0.4, -0.2) is 27.3 Å². The zero-order valence-electron chi connectivity index (χ0n) is 4.68. The van der Waals surface area contributed by atoms with Crippen LogP contribution in [0.15, 0.2) is 12.7 Å². The van der Waals surface area contributed by atoms with Crippen LogP contribution < -0.4 is 0 Å². The van der Waals surface area contributed by atoms with Gasteiger partial charge in [0.25, 0.3) is 0 Å². The van der Waals surface area contributed by atoms with E-state index in [0.29, 0.717) is 0 Å². The Balaban J connectivity index is 3.16. The van der Waals surface area contributed by atoms with E-state index in [0.717, 1.165) is 21.0 Å². The molecule has 0 saturated heterocycles. The van der Waals surface area contributed by atoms with Gasteiger partial charge < -0.3 is 8.85 Å². The summed E-state index contributed by atoms with van der Waals surface area (Å²) in [4.78, 5) is 0. The first-order chi connectivity index (χ1) is 3.35. The molecule has 4 heteroatoms. The maximum atomic E-state index is 4.88. The van der Waals surface area contributed by atoms with Gasteiger partial charge in [0.2, 0.25) is 0 Å². The number of rotatable bonds is 3. The van der Waals surface area contributed by atoms with Crippen LogP contribution in [0.25, 0.3) is 0 Å². The summed E-state index contributed by atoms with van der Waals surface area (Å²) >= 11 is 0. The van der Waals surface area contributed by atoms with Gasteiger partial charge in [0, 0.05) is 0 Å². The Morgan fingerprint density at radius 3 is 1.86 bits per heavy atom. The van der Waals surface area contributed by atoms with E-state index < -0.39 is 0 Å². The van der Waals surface area contributed by atoms with Gasteiger partial charge in [0.05, 0.1) is 0 Å². The van der Waals surface area contributed by atoms with Crippen LogP contribution in [0.1, 0.15) is 0 Å². The van der Waals surface area contributed by atoms with Gasteiger partial charge >= 0.3 is 0 Å². The quantitative estimate of drug-likeness (QED) is 0.255. The summed E-state index contributed by atoms with van der Waals surface area (Å²) in [6.07, 6.45) is 1.53. The highest BCUT2D eigenvalue weighted by Crippen LogP contribution is 1.86. The molecule has 7 heavy (non-hydrogen) atoms. The molecule has 2 nitrogen and oxygen atoms in total. The molecule has 0 aliphatic heterocycles. The van der Waals surface area contributed by atoms with Crippen molar-refractivity contribution < 1.29 is 8.85 Å². The molecular weight excluding hydrogens is 124 g/mol. The van der Waals surface area contributed by atoms with Crippen molar-refractivity contribution in [1.29, 1.82) is 0 Å². The van der Waals surface area contributed by atoms with E-state index in [1.807, 2.05) is 0 Å². The molecule has 0 bridgehead atoms. The van der Waals surface area contributed by atoms with E-state index in [1.165, 1.54) is 0 Å². The second-order valence-electron chi connectivity index (χ2n) is 1.08. The van der Waals surface area contributed by atoms with E-state index in [4.69, 9.17) is 8.85 Å². The molecule has 0 rings (SSSR count). The molecule has 0 spiro atoms. The molecule has 42 valence electrons. The lowest BCUT2D eigenvalue weighted by molar-refractivity contribution is 0.0645. The van der Waals surface area contributed by atoms with Gasteiger partial charge in [-0.3, -0.25) is 0 Å². The maximum Gasteiger partial charge on any atom is 0.155 e. The molecular formula is C3H10O2Si2. The minimum Gasteiger partial charge on any atom is -0.401 e. The van der Waals surface area contributed by atoms with Crippen molar-refractivity contribution in [2.24, 2.45) is 0 Å². The molecule has 0 radical (unpaired) electrons. The minimum absolute atomic E-state index is 0.127. The van der Waals surface area contributed by atoms with Gasteiger partial charge in [0.1, 0.15) is 21.0 Å². The van der Waals surface area contributed by atoms with Crippen LogP contribution in [0.4, 0.5) is 0 Å². The SMILES string of the molecule is C=CC(O[SiH3])O[SiH3]. The third-order valence-corrected chi connectivity index (χ3v) is 1.59. The molecule has 0 aliphatic rings. The standard InChI is InChI=1S/C3H10O2Si2/c1-2-3(4-6)5-7/h2-3H,1H2,6-7H3. The van der Waals surface area contributed by atoms with E-state index in [2.05, 4.69) is 6.58 Å². The van der Waals surface area contributed by atoms with Crippen molar-refractivity contribution in [2.45, 2.75) is 6.29 Å². The molecule has 0 aliphatic carbocycles. The van der Waals surface area contributed by atoms with Gasteiger partial charge in [0.15, 0.2) is 6.29 Å². The first-order valence-corrected chi connectivity index (χ1v) is 3.66. The molecule has 0 aromatic rings. The zero-order valence-corrected chi connectivity index (χ0v) is 8.68. The lowest BCUT2D eigenvalue weighted by Crippen LogP contribution is -2.09. The Hall–Kier alpha value is 0.0938. The van der Waals surface area contributed by atoms with Crippen molar-refractivity contribution in [3.05, 3.63) is 12.7 Å². The van der Waals surface area contributed by atoms with Crippen molar-refractivity contribution in [3.63, 3.8) is 0 Å². The van der Waals surface area contributed by atoms with Gasteiger partial charge in [-0.05, 0) is 6.08 Å². The van der Waals surface area contributed by atoms with Crippen molar-refractivity contribution in [1.82, 2.24) is 0 Å². The summed E-state index contributed by atoms with van der Waals surface area (Å²) in [7, 11) is 1.43. The van der Waals surface area contributed by atoms with Crippen LogP contribution in [0.3, 0.4) is 0 Å². The summed E-state index contributed by atoms with van der Waals surface area (Å²) in [5.41, 5.74) is 0. The van der Waals surface area contributed by atoms with Crippen molar-refractivity contribution in [3.8, 4) is 0 Å². The van der Waals surface area contributed by atoms with E-state index in [-0.39, 0.29) is 6.29 Å². The second kappa shape index (κ2) is 4.26. The zero-order chi connectivity index (χ0) is 5.70. The van der Waals surface area contributed by atoms with Crippen LogP contribution >= 0.6 is 0 Å². The highest BCUT2D eigenvalue weighted by molar-refractivity contribution is 5.99. The molecule has 0 heterocycles. The Morgan fingerprint density at radius 2 is 1.86 bits per heavy atom. The van der Waals surface area contributed by atoms with E-state index in [9.17, 15) is 0 Å². The fourth-order valence-electron chi connectivity index (χ4n) is 0.289. The second-order valence-corrected chi connectivity index (χ2v) is 2.02. The number of hydrogen-bond donors (Lipinski definition) is 0. The predicted molar refractivity (Wildman–Crippen MR) is 36.0 cm³/mol. The van der Waals surface area contributed by atoms with Crippen molar-refractivity contribution >= 4 is 21.0 Å².